The zero-order chi connectivity index (χ0) is 23.6. The Morgan fingerprint density at radius 2 is 1.91 bits per heavy atom. The molecule has 0 fully saturated rings. The molecule has 33 heavy (non-hydrogen) atoms. The summed E-state index contributed by atoms with van der Waals surface area (Å²) < 4.78 is 6.60. The second kappa shape index (κ2) is 11.5. The molecular weight excluding hydrogens is 420 g/mol. The molecule has 2 amide bonds. The lowest BCUT2D eigenvalue weighted by atomic mass is 10.0. The van der Waals surface area contributed by atoms with Crippen molar-refractivity contribution in [3.63, 3.8) is 0 Å². The van der Waals surface area contributed by atoms with E-state index >= 15 is 0 Å². The topological polar surface area (TPSA) is 122 Å². The first kappa shape index (κ1) is 23.6. The maximum absolute atomic E-state index is 12.5. The number of rotatable bonds is 10. The van der Waals surface area contributed by atoms with Crippen LogP contribution in [0.1, 0.15) is 50.5 Å². The molecule has 1 aromatic heterocycles. The van der Waals surface area contributed by atoms with Crippen LogP contribution < -0.4 is 10.6 Å². The molecule has 0 aliphatic rings. The Morgan fingerprint density at radius 1 is 1.15 bits per heavy atom. The predicted octanol–water partition coefficient (Wildman–Crippen LogP) is 2.41. The highest BCUT2D eigenvalue weighted by molar-refractivity contribution is 5.95. The van der Waals surface area contributed by atoms with Crippen LogP contribution in [-0.4, -0.2) is 40.5 Å². The lowest BCUT2D eigenvalue weighted by molar-refractivity contribution is 0.0934. The summed E-state index contributed by atoms with van der Waals surface area (Å²) in [5.41, 5.74) is 3.30. The number of ether oxygens (including phenoxy) is 1. The standard InChI is InChI=1S/C24H26N6O3/c1-3-17-8-10-18(11-9-17)21(14-25)27-24(32)22-15-30(29-28-22)13-12-26-23(31)20-7-5-4-6-19(20)16-33-2/h4-11,15,21H,3,12-13,16H2,1-2H3,(H,26,31)(H,27,32). The van der Waals surface area contributed by atoms with Crippen molar-refractivity contribution in [2.45, 2.75) is 32.5 Å². The van der Waals surface area contributed by atoms with Crippen LogP contribution in [0.5, 0.6) is 0 Å². The number of benzene rings is 2. The van der Waals surface area contributed by atoms with Gasteiger partial charge in [-0.2, -0.15) is 5.26 Å². The van der Waals surface area contributed by atoms with E-state index in [-0.39, 0.29) is 11.6 Å². The number of nitriles is 1. The number of methoxy groups -OCH3 is 1. The minimum atomic E-state index is -0.792. The van der Waals surface area contributed by atoms with E-state index in [1.807, 2.05) is 43.3 Å². The maximum Gasteiger partial charge on any atom is 0.274 e. The number of hydrogen-bond acceptors (Lipinski definition) is 6. The normalized spacial score (nSPS) is 11.4. The minimum absolute atomic E-state index is 0.0946. The number of nitrogens with one attached hydrogen (secondary N) is 2. The van der Waals surface area contributed by atoms with Crippen LogP contribution in [0, 0.1) is 11.3 Å². The van der Waals surface area contributed by atoms with Gasteiger partial charge in [0.1, 0.15) is 6.04 Å². The van der Waals surface area contributed by atoms with Gasteiger partial charge in [0.15, 0.2) is 5.69 Å². The molecule has 9 nitrogen and oxygen atoms in total. The number of carbonyl (C=O) groups excluding carboxylic acids is 2. The largest absolute Gasteiger partial charge is 0.380 e. The summed E-state index contributed by atoms with van der Waals surface area (Å²) in [5, 5.41) is 22.8. The van der Waals surface area contributed by atoms with Crippen LogP contribution in [0.15, 0.2) is 54.7 Å². The van der Waals surface area contributed by atoms with Gasteiger partial charge in [-0.05, 0) is 29.2 Å². The fourth-order valence-corrected chi connectivity index (χ4v) is 3.26. The van der Waals surface area contributed by atoms with Gasteiger partial charge in [0.25, 0.3) is 11.8 Å². The van der Waals surface area contributed by atoms with Crippen molar-refractivity contribution < 1.29 is 14.3 Å². The van der Waals surface area contributed by atoms with E-state index in [9.17, 15) is 14.9 Å². The van der Waals surface area contributed by atoms with Crippen LogP contribution in [0.3, 0.4) is 0 Å². The fourth-order valence-electron chi connectivity index (χ4n) is 3.26. The van der Waals surface area contributed by atoms with Gasteiger partial charge >= 0.3 is 0 Å². The molecule has 1 heterocycles. The Balaban J connectivity index is 1.54. The fraction of sp³-hybridized carbons (Fsp3) is 0.292. The van der Waals surface area contributed by atoms with Crippen molar-refractivity contribution in [3.8, 4) is 6.07 Å². The van der Waals surface area contributed by atoms with Gasteiger partial charge in [-0.15, -0.1) is 5.10 Å². The molecule has 0 aliphatic heterocycles. The highest BCUT2D eigenvalue weighted by atomic mass is 16.5. The monoisotopic (exact) mass is 446 g/mol. The van der Waals surface area contributed by atoms with Crippen molar-refractivity contribution in [2.75, 3.05) is 13.7 Å². The maximum atomic E-state index is 12.5. The minimum Gasteiger partial charge on any atom is -0.380 e. The molecule has 1 atom stereocenters. The van der Waals surface area contributed by atoms with Crippen molar-refractivity contribution in [2.24, 2.45) is 0 Å². The number of aryl methyl sites for hydroxylation is 1. The third kappa shape index (κ3) is 6.24. The van der Waals surface area contributed by atoms with Crippen molar-refractivity contribution in [1.82, 2.24) is 25.6 Å². The first-order valence-corrected chi connectivity index (χ1v) is 10.6. The van der Waals surface area contributed by atoms with E-state index in [1.165, 1.54) is 10.9 Å². The third-order valence-corrected chi connectivity index (χ3v) is 5.09. The molecule has 0 radical (unpaired) electrons. The predicted molar refractivity (Wildman–Crippen MR) is 121 cm³/mol. The van der Waals surface area contributed by atoms with Gasteiger partial charge in [0.2, 0.25) is 0 Å². The van der Waals surface area contributed by atoms with E-state index in [4.69, 9.17) is 4.74 Å². The molecule has 3 aromatic rings. The molecular formula is C24H26N6O3. The van der Waals surface area contributed by atoms with Crippen LogP contribution in [0.4, 0.5) is 0 Å². The zero-order valence-corrected chi connectivity index (χ0v) is 18.6. The smallest absolute Gasteiger partial charge is 0.274 e. The molecule has 0 saturated carbocycles. The SMILES string of the molecule is CCc1ccc(C(C#N)NC(=O)c2cn(CCNC(=O)c3ccccc3COC)nn2)cc1. The lowest BCUT2D eigenvalue weighted by Gasteiger charge is -2.11. The van der Waals surface area contributed by atoms with Crippen molar-refractivity contribution in [1.29, 1.82) is 5.26 Å². The van der Waals surface area contributed by atoms with E-state index in [0.717, 1.165) is 17.5 Å². The van der Waals surface area contributed by atoms with E-state index in [1.54, 1.807) is 19.2 Å². The van der Waals surface area contributed by atoms with Gasteiger partial charge in [0.05, 0.1) is 25.4 Å². The summed E-state index contributed by atoms with van der Waals surface area (Å²) >= 11 is 0. The molecule has 170 valence electrons. The van der Waals surface area contributed by atoms with Crippen LogP contribution in [-0.2, 0) is 24.3 Å². The summed E-state index contributed by atoms with van der Waals surface area (Å²) in [6, 6.07) is 16.1. The summed E-state index contributed by atoms with van der Waals surface area (Å²) in [6.07, 6.45) is 2.38. The Hall–Kier alpha value is -4.03. The highest BCUT2D eigenvalue weighted by Crippen LogP contribution is 2.14. The Labute approximate surface area is 192 Å². The lowest BCUT2D eigenvalue weighted by Crippen LogP contribution is -2.28. The van der Waals surface area contributed by atoms with Crippen LogP contribution in [0.25, 0.3) is 0 Å². The molecule has 2 aromatic carbocycles. The molecule has 2 N–H and O–H groups in total. The Bertz CT molecular complexity index is 1130. The molecule has 0 saturated heterocycles. The second-order valence-electron chi connectivity index (χ2n) is 7.34. The van der Waals surface area contributed by atoms with Gasteiger partial charge < -0.3 is 15.4 Å². The quantitative estimate of drug-likeness (QED) is 0.493. The van der Waals surface area contributed by atoms with Gasteiger partial charge in [-0.25, -0.2) is 4.68 Å². The average molecular weight is 447 g/mol. The Morgan fingerprint density at radius 3 is 2.61 bits per heavy atom. The highest BCUT2D eigenvalue weighted by Gasteiger charge is 2.18. The van der Waals surface area contributed by atoms with Gasteiger partial charge in [-0.1, -0.05) is 54.6 Å². The summed E-state index contributed by atoms with van der Waals surface area (Å²) in [6.45, 7) is 3.03. The van der Waals surface area contributed by atoms with Crippen LogP contribution in [0.2, 0.25) is 0 Å². The molecule has 0 spiro atoms. The molecule has 0 bridgehead atoms. The number of nitrogens with zero attached hydrogens (tertiary/aromatic N) is 4. The summed E-state index contributed by atoms with van der Waals surface area (Å²) in [7, 11) is 1.58. The summed E-state index contributed by atoms with van der Waals surface area (Å²) in [5.74, 6) is -0.711. The van der Waals surface area contributed by atoms with E-state index < -0.39 is 11.9 Å². The molecule has 0 aliphatic carbocycles. The van der Waals surface area contributed by atoms with Crippen LogP contribution >= 0.6 is 0 Å². The molecule has 1 unspecified atom stereocenters. The van der Waals surface area contributed by atoms with E-state index in [0.29, 0.717) is 30.8 Å². The van der Waals surface area contributed by atoms with E-state index in [2.05, 4.69) is 27.0 Å². The van der Waals surface area contributed by atoms with Crippen molar-refractivity contribution >= 4 is 11.8 Å². The first-order chi connectivity index (χ1) is 16.0. The third-order valence-electron chi connectivity index (χ3n) is 5.09. The molecule has 9 heteroatoms. The Kier molecular flexibility index (Phi) is 8.27. The second-order valence-corrected chi connectivity index (χ2v) is 7.34. The summed E-state index contributed by atoms with van der Waals surface area (Å²) in [4.78, 5) is 25.0. The number of amides is 2. The average Bonchev–Trinajstić information content (AvgIpc) is 3.32. The molecule has 3 rings (SSSR count). The van der Waals surface area contributed by atoms with Gasteiger partial charge in [-0.3, -0.25) is 9.59 Å². The number of hydrogen-bond donors (Lipinski definition) is 2. The van der Waals surface area contributed by atoms with Crippen molar-refractivity contribution in [3.05, 3.63) is 82.7 Å². The zero-order valence-electron chi connectivity index (χ0n) is 18.6. The van der Waals surface area contributed by atoms with Gasteiger partial charge in [0, 0.05) is 19.2 Å². The first-order valence-electron chi connectivity index (χ1n) is 10.6. The number of carbonyl (C=O) groups is 2. The number of aromatic nitrogens is 3.